The summed E-state index contributed by atoms with van der Waals surface area (Å²) >= 11 is 0. The van der Waals surface area contributed by atoms with Gasteiger partial charge in [-0.2, -0.15) is 0 Å². The maximum Gasteiger partial charge on any atom is 0.111 e. The van der Waals surface area contributed by atoms with Crippen molar-refractivity contribution in [3.63, 3.8) is 0 Å². The third-order valence-electron chi connectivity index (χ3n) is 10.9. The minimum atomic E-state index is -0.769. The fourth-order valence-electron chi connectivity index (χ4n) is 10.3. The van der Waals surface area contributed by atoms with Crippen LogP contribution in [0.25, 0.3) is 0 Å². The van der Waals surface area contributed by atoms with E-state index < -0.39 is 5.60 Å². The van der Waals surface area contributed by atoms with Crippen LogP contribution in [0.3, 0.4) is 0 Å². The number of aliphatic hydroxyl groups is 2. The average Bonchev–Trinajstić information content (AvgIpc) is 3.14. The lowest BCUT2D eigenvalue weighted by Gasteiger charge is -2.65. The maximum atomic E-state index is 12.3. The maximum absolute atomic E-state index is 12.3. The summed E-state index contributed by atoms with van der Waals surface area (Å²) in [4.78, 5) is 2.57. The molecule has 5 aliphatic carbocycles. The number of aliphatic hydroxyl groups excluding tert-OH is 1. The lowest BCUT2D eigenvalue weighted by Crippen LogP contribution is -2.75. The van der Waals surface area contributed by atoms with Crippen LogP contribution in [-0.4, -0.2) is 84.1 Å². The van der Waals surface area contributed by atoms with Crippen LogP contribution in [0.2, 0.25) is 0 Å². The number of likely N-dealkylation sites (N-methyl/N-ethyl adjacent to an activating group) is 1. The molecule has 2 spiro atoms. The van der Waals surface area contributed by atoms with E-state index in [1.165, 1.54) is 0 Å². The van der Waals surface area contributed by atoms with Gasteiger partial charge in [0, 0.05) is 68.7 Å². The van der Waals surface area contributed by atoms with Gasteiger partial charge in [0.15, 0.2) is 0 Å². The van der Waals surface area contributed by atoms with Gasteiger partial charge in [-0.15, -0.1) is 0 Å². The van der Waals surface area contributed by atoms with Crippen LogP contribution in [0.1, 0.15) is 32.6 Å². The van der Waals surface area contributed by atoms with Crippen molar-refractivity contribution in [2.24, 2.45) is 35.0 Å². The van der Waals surface area contributed by atoms with Gasteiger partial charge >= 0.3 is 0 Å². The molecule has 2 aliphatic heterocycles. The Labute approximate surface area is 166 Å². The van der Waals surface area contributed by atoms with Gasteiger partial charge in [0.05, 0.1) is 30.0 Å². The lowest BCUT2D eigenvalue weighted by atomic mass is 9.46. The first-order valence-electron chi connectivity index (χ1n) is 11.3. The summed E-state index contributed by atoms with van der Waals surface area (Å²) in [5.41, 5.74) is -0.997. The van der Waals surface area contributed by atoms with Crippen molar-refractivity contribution in [1.82, 2.24) is 4.90 Å². The van der Waals surface area contributed by atoms with Crippen molar-refractivity contribution in [1.29, 1.82) is 0 Å². The Balaban J connectivity index is 1.47. The molecule has 0 radical (unpaired) electrons. The molecule has 2 saturated heterocycles. The first-order valence-corrected chi connectivity index (χ1v) is 11.3. The second-order valence-corrected chi connectivity index (χ2v) is 10.9. The zero-order valence-corrected chi connectivity index (χ0v) is 17.1. The molecule has 6 nitrogen and oxygen atoms in total. The van der Waals surface area contributed by atoms with Crippen LogP contribution in [0.4, 0.5) is 0 Å². The third kappa shape index (κ3) is 1.50. The van der Waals surface area contributed by atoms with Gasteiger partial charge in [-0.3, -0.25) is 4.90 Å². The van der Waals surface area contributed by atoms with Crippen LogP contribution >= 0.6 is 0 Å². The number of epoxide rings is 1. The van der Waals surface area contributed by atoms with Crippen molar-refractivity contribution < 1.29 is 24.4 Å². The van der Waals surface area contributed by atoms with E-state index >= 15 is 0 Å². The smallest absolute Gasteiger partial charge is 0.111 e. The Morgan fingerprint density at radius 2 is 1.96 bits per heavy atom. The highest BCUT2D eigenvalue weighted by Crippen LogP contribution is 2.80. The van der Waals surface area contributed by atoms with Crippen LogP contribution < -0.4 is 0 Å². The Morgan fingerprint density at radius 3 is 2.68 bits per heavy atom. The van der Waals surface area contributed by atoms with Gasteiger partial charge in [0.1, 0.15) is 5.60 Å². The van der Waals surface area contributed by atoms with E-state index in [0.29, 0.717) is 18.3 Å². The molecule has 0 aromatic carbocycles. The number of fused-ring (bicyclic) bond motifs is 2. The normalized spacial score (nSPS) is 68.0. The van der Waals surface area contributed by atoms with Crippen LogP contribution in [0.5, 0.6) is 0 Å². The number of hydrogen-bond donors (Lipinski definition) is 2. The van der Waals surface area contributed by atoms with Gasteiger partial charge in [0.25, 0.3) is 0 Å². The summed E-state index contributed by atoms with van der Waals surface area (Å²) in [6, 6.07) is 0.256. The number of piperidine rings is 1. The fraction of sp³-hybridized carbons (Fsp3) is 1.00. The summed E-state index contributed by atoms with van der Waals surface area (Å²) in [6.07, 6.45) is 3.41. The molecular formula is C22H33NO5. The van der Waals surface area contributed by atoms with Gasteiger partial charge in [-0.1, -0.05) is 6.92 Å². The molecule has 0 aromatic heterocycles. The third-order valence-corrected chi connectivity index (χ3v) is 10.9. The van der Waals surface area contributed by atoms with Gasteiger partial charge in [-0.25, -0.2) is 0 Å². The number of likely N-dealkylation sites (tertiary alicyclic amines) is 1. The molecule has 7 aliphatic rings. The molecule has 0 unspecified atom stereocenters. The minimum Gasteiger partial charge on any atom is -0.392 e. The quantitative estimate of drug-likeness (QED) is 0.688. The largest absolute Gasteiger partial charge is 0.392 e. The molecule has 5 saturated carbocycles. The number of rotatable bonds is 3. The van der Waals surface area contributed by atoms with Crippen LogP contribution in [-0.2, 0) is 14.2 Å². The number of hydrogen-bond acceptors (Lipinski definition) is 6. The second kappa shape index (κ2) is 4.97. The Hall–Kier alpha value is -0.240. The molecule has 6 heteroatoms. The molecule has 7 bridgehead atoms. The van der Waals surface area contributed by atoms with Crippen molar-refractivity contribution in [3.05, 3.63) is 0 Å². The molecule has 7 fully saturated rings. The fourth-order valence-corrected chi connectivity index (χ4v) is 10.3. The standard InChI is InChI=1S/C22H33NO5/c1-4-23-9-21-14-6-12-19(23)22(14,15(24)7-16(21)28-21)11-5-10-13(26-2)8-20(12,25)17(11)18(10)27-3/h10-19,24-25H,4-9H2,1-3H3/t10-,11-,12+,13-,14-,15+,16+,17-,18+,19-,20+,21-,22-/m1/s1. The van der Waals surface area contributed by atoms with Gasteiger partial charge in [-0.05, 0) is 25.3 Å². The van der Waals surface area contributed by atoms with Crippen LogP contribution in [0.15, 0.2) is 0 Å². The highest BCUT2D eigenvalue weighted by Gasteiger charge is 2.88. The van der Waals surface area contributed by atoms with E-state index in [2.05, 4.69) is 11.8 Å². The summed E-state index contributed by atoms with van der Waals surface area (Å²) in [5.74, 6) is 1.26. The van der Waals surface area contributed by atoms with Crippen LogP contribution in [0, 0.1) is 35.0 Å². The average molecular weight is 392 g/mol. The lowest BCUT2D eigenvalue weighted by molar-refractivity contribution is -0.254. The highest BCUT2D eigenvalue weighted by molar-refractivity contribution is 5.37. The van der Waals surface area contributed by atoms with Crippen molar-refractivity contribution >= 4 is 0 Å². The van der Waals surface area contributed by atoms with E-state index in [1.807, 2.05) is 0 Å². The number of nitrogens with zero attached hydrogens (tertiary/aromatic N) is 1. The second-order valence-electron chi connectivity index (χ2n) is 10.9. The molecule has 2 N–H and O–H groups in total. The number of methoxy groups -OCH3 is 2. The molecular weight excluding hydrogens is 358 g/mol. The molecule has 156 valence electrons. The molecule has 0 aromatic rings. The van der Waals surface area contributed by atoms with Gasteiger partial charge < -0.3 is 24.4 Å². The first kappa shape index (κ1) is 17.4. The highest BCUT2D eigenvalue weighted by atomic mass is 16.6. The van der Waals surface area contributed by atoms with Crippen molar-refractivity contribution in [2.45, 2.75) is 74.3 Å². The molecule has 0 amide bonds. The number of ether oxygens (including phenoxy) is 3. The van der Waals surface area contributed by atoms with Gasteiger partial charge in [0.2, 0.25) is 0 Å². The minimum absolute atomic E-state index is 0.0308. The predicted molar refractivity (Wildman–Crippen MR) is 99.5 cm³/mol. The Bertz CT molecular complexity index is 734. The predicted octanol–water partition coefficient (Wildman–Crippen LogP) is 0.646. The van der Waals surface area contributed by atoms with E-state index in [9.17, 15) is 10.2 Å². The molecule has 2 heterocycles. The van der Waals surface area contributed by atoms with Crippen molar-refractivity contribution in [3.8, 4) is 0 Å². The molecule has 13 atom stereocenters. The summed E-state index contributed by atoms with van der Waals surface area (Å²) in [6.45, 7) is 4.16. The van der Waals surface area contributed by atoms with E-state index in [4.69, 9.17) is 14.2 Å². The van der Waals surface area contributed by atoms with E-state index in [0.717, 1.165) is 32.4 Å². The SMILES string of the molecule is CCN1C[C@]23O[C@H]2C[C@H](O)[C@@]24[C@@H]5C[C@H]6[C@H](OC)[C@@H]5[C@](O)(C[C@H]6OC)[C@@H](C[C@H]32)[C@@H]14. The first-order chi connectivity index (χ1) is 13.5. The Kier molecular flexibility index (Phi) is 3.10. The zero-order chi connectivity index (χ0) is 19.2. The topological polar surface area (TPSA) is 74.7 Å². The van der Waals surface area contributed by atoms with E-state index in [-0.39, 0.29) is 59.2 Å². The summed E-state index contributed by atoms with van der Waals surface area (Å²) in [5, 5.41) is 24.0. The molecule has 7 rings (SSSR count). The van der Waals surface area contributed by atoms with E-state index in [1.54, 1.807) is 14.2 Å². The Morgan fingerprint density at radius 1 is 1.14 bits per heavy atom. The monoisotopic (exact) mass is 391 g/mol. The summed E-state index contributed by atoms with van der Waals surface area (Å²) in [7, 11) is 3.58. The molecule has 28 heavy (non-hydrogen) atoms. The summed E-state index contributed by atoms with van der Waals surface area (Å²) < 4.78 is 18.4. The van der Waals surface area contributed by atoms with Crippen molar-refractivity contribution in [2.75, 3.05) is 27.3 Å². The zero-order valence-electron chi connectivity index (χ0n) is 17.1.